The van der Waals surface area contributed by atoms with Crippen molar-refractivity contribution in [2.75, 3.05) is 31.3 Å². The van der Waals surface area contributed by atoms with Crippen LogP contribution in [0.4, 0.5) is 11.6 Å². The van der Waals surface area contributed by atoms with Crippen LogP contribution in [0.2, 0.25) is 0 Å². The summed E-state index contributed by atoms with van der Waals surface area (Å²) < 4.78 is 5.53. The molecule has 5 heteroatoms. The van der Waals surface area contributed by atoms with Gasteiger partial charge in [-0.1, -0.05) is 0 Å². The molecule has 2 N–H and O–H groups in total. The number of nitrogens with one attached hydrogen (secondary N) is 2. The lowest BCUT2D eigenvalue weighted by Gasteiger charge is -2.40. The highest BCUT2D eigenvalue weighted by Gasteiger charge is 2.36. The van der Waals surface area contributed by atoms with E-state index in [4.69, 9.17) is 4.74 Å². The Kier molecular flexibility index (Phi) is 3.24. The maximum Gasteiger partial charge on any atom is 0.131 e. The zero-order chi connectivity index (χ0) is 11.4. The van der Waals surface area contributed by atoms with E-state index in [0.29, 0.717) is 0 Å². The van der Waals surface area contributed by atoms with E-state index < -0.39 is 0 Å². The number of aromatic nitrogens is 2. The molecule has 1 fully saturated rings. The van der Waals surface area contributed by atoms with E-state index in [1.807, 2.05) is 13.1 Å². The van der Waals surface area contributed by atoms with Crippen LogP contribution >= 0.6 is 0 Å². The Morgan fingerprint density at radius 1 is 1.38 bits per heavy atom. The summed E-state index contributed by atoms with van der Waals surface area (Å²) in [5.74, 6) is 1.65. The van der Waals surface area contributed by atoms with Gasteiger partial charge < -0.3 is 15.4 Å². The molecule has 0 amide bonds. The molecule has 1 saturated carbocycles. The number of methoxy groups -OCH3 is 1. The summed E-state index contributed by atoms with van der Waals surface area (Å²) in [6.07, 6.45) is 5.05. The van der Waals surface area contributed by atoms with Crippen LogP contribution in [0.3, 0.4) is 0 Å². The topological polar surface area (TPSA) is 59.1 Å². The highest BCUT2D eigenvalue weighted by molar-refractivity contribution is 5.46. The van der Waals surface area contributed by atoms with Crippen molar-refractivity contribution in [1.29, 1.82) is 0 Å². The first kappa shape index (κ1) is 11.1. The fraction of sp³-hybridized carbons (Fsp3) is 0.636. The van der Waals surface area contributed by atoms with Crippen LogP contribution in [0.5, 0.6) is 0 Å². The number of anilines is 2. The van der Waals surface area contributed by atoms with Gasteiger partial charge in [0, 0.05) is 26.8 Å². The maximum absolute atomic E-state index is 5.53. The number of nitrogens with zero attached hydrogens (tertiary/aromatic N) is 2. The standard InChI is InChI=1S/C11H18N4O/c1-12-9-6-10(15-8-14-9)13-7-11(16-2)4-3-5-11/h6,8H,3-5,7H2,1-2H3,(H2,12,13,14,15). The summed E-state index contributed by atoms with van der Waals surface area (Å²) in [7, 11) is 3.62. The molecule has 1 aromatic rings. The Morgan fingerprint density at radius 2 is 2.12 bits per heavy atom. The maximum atomic E-state index is 5.53. The third-order valence-corrected chi connectivity index (χ3v) is 3.21. The predicted octanol–water partition coefficient (Wildman–Crippen LogP) is 1.50. The third kappa shape index (κ3) is 2.24. The van der Waals surface area contributed by atoms with Gasteiger partial charge in [0.05, 0.1) is 5.60 Å². The molecular formula is C11H18N4O. The molecule has 1 aliphatic carbocycles. The Hall–Kier alpha value is -1.36. The lowest BCUT2D eigenvalue weighted by molar-refractivity contribution is -0.0601. The summed E-state index contributed by atoms with van der Waals surface area (Å²) in [6.45, 7) is 0.809. The Morgan fingerprint density at radius 3 is 2.69 bits per heavy atom. The normalized spacial score (nSPS) is 17.6. The molecule has 16 heavy (non-hydrogen) atoms. The van der Waals surface area contributed by atoms with Gasteiger partial charge in [0.25, 0.3) is 0 Å². The van der Waals surface area contributed by atoms with Crippen LogP contribution in [0.15, 0.2) is 12.4 Å². The predicted molar refractivity (Wildman–Crippen MR) is 63.7 cm³/mol. The SMILES string of the molecule is CNc1cc(NCC2(OC)CCC2)ncn1. The highest BCUT2D eigenvalue weighted by Crippen LogP contribution is 2.34. The van der Waals surface area contributed by atoms with E-state index in [2.05, 4.69) is 20.6 Å². The molecule has 0 atom stereocenters. The summed E-state index contributed by atoms with van der Waals surface area (Å²) in [4.78, 5) is 8.23. The van der Waals surface area contributed by atoms with Crippen LogP contribution < -0.4 is 10.6 Å². The van der Waals surface area contributed by atoms with Gasteiger partial charge in [0.1, 0.15) is 18.0 Å². The van der Waals surface area contributed by atoms with Gasteiger partial charge in [0.15, 0.2) is 0 Å². The highest BCUT2D eigenvalue weighted by atomic mass is 16.5. The van der Waals surface area contributed by atoms with E-state index in [0.717, 1.165) is 31.0 Å². The minimum Gasteiger partial charge on any atom is -0.376 e. The van der Waals surface area contributed by atoms with Crippen molar-refractivity contribution in [3.63, 3.8) is 0 Å². The van der Waals surface area contributed by atoms with Crippen LogP contribution in [-0.4, -0.2) is 36.3 Å². The zero-order valence-electron chi connectivity index (χ0n) is 9.79. The molecule has 0 aliphatic heterocycles. The van der Waals surface area contributed by atoms with Gasteiger partial charge >= 0.3 is 0 Å². The monoisotopic (exact) mass is 222 g/mol. The molecule has 0 radical (unpaired) electrons. The quantitative estimate of drug-likeness (QED) is 0.790. The van der Waals surface area contributed by atoms with Crippen LogP contribution in [-0.2, 0) is 4.74 Å². The van der Waals surface area contributed by atoms with Crippen LogP contribution in [0, 0.1) is 0 Å². The smallest absolute Gasteiger partial charge is 0.131 e. The largest absolute Gasteiger partial charge is 0.376 e. The van der Waals surface area contributed by atoms with E-state index in [1.165, 1.54) is 6.42 Å². The molecule has 1 heterocycles. The lowest BCUT2D eigenvalue weighted by Crippen LogP contribution is -2.45. The second kappa shape index (κ2) is 4.65. The van der Waals surface area contributed by atoms with Crippen molar-refractivity contribution < 1.29 is 4.74 Å². The van der Waals surface area contributed by atoms with E-state index >= 15 is 0 Å². The minimum atomic E-state index is 0.0186. The Bertz CT molecular complexity index is 346. The van der Waals surface area contributed by atoms with Crippen molar-refractivity contribution in [2.45, 2.75) is 24.9 Å². The van der Waals surface area contributed by atoms with Gasteiger partial charge in [-0.3, -0.25) is 0 Å². The zero-order valence-corrected chi connectivity index (χ0v) is 9.79. The molecule has 0 saturated heterocycles. The van der Waals surface area contributed by atoms with Crippen LogP contribution in [0.1, 0.15) is 19.3 Å². The Labute approximate surface area is 95.6 Å². The van der Waals surface area contributed by atoms with Gasteiger partial charge in [-0.25, -0.2) is 9.97 Å². The molecule has 0 aromatic carbocycles. The first-order valence-corrected chi connectivity index (χ1v) is 5.57. The van der Waals surface area contributed by atoms with Crippen molar-refractivity contribution >= 4 is 11.6 Å². The molecule has 0 unspecified atom stereocenters. The number of rotatable bonds is 5. The minimum absolute atomic E-state index is 0.0186. The molecule has 5 nitrogen and oxygen atoms in total. The second-order valence-electron chi connectivity index (χ2n) is 4.13. The fourth-order valence-corrected chi connectivity index (χ4v) is 1.87. The fourth-order valence-electron chi connectivity index (χ4n) is 1.87. The number of hydrogen-bond donors (Lipinski definition) is 2. The second-order valence-corrected chi connectivity index (χ2v) is 4.13. The number of ether oxygens (including phenoxy) is 1. The average Bonchev–Trinajstić information content (AvgIpc) is 2.29. The third-order valence-electron chi connectivity index (χ3n) is 3.21. The van der Waals surface area contributed by atoms with E-state index in [-0.39, 0.29) is 5.60 Å². The molecule has 2 rings (SSSR count). The molecule has 88 valence electrons. The van der Waals surface area contributed by atoms with Crippen molar-refractivity contribution in [1.82, 2.24) is 9.97 Å². The Balaban J connectivity index is 1.93. The molecule has 1 aliphatic rings. The van der Waals surface area contributed by atoms with Gasteiger partial charge in [-0.15, -0.1) is 0 Å². The van der Waals surface area contributed by atoms with E-state index in [1.54, 1.807) is 13.4 Å². The molecule has 0 spiro atoms. The van der Waals surface area contributed by atoms with Gasteiger partial charge in [-0.2, -0.15) is 0 Å². The summed E-state index contributed by atoms with van der Waals surface area (Å²) >= 11 is 0. The summed E-state index contributed by atoms with van der Waals surface area (Å²) in [5, 5.41) is 6.28. The summed E-state index contributed by atoms with van der Waals surface area (Å²) in [5.41, 5.74) is 0.0186. The lowest BCUT2D eigenvalue weighted by atomic mass is 9.80. The molecule has 1 aromatic heterocycles. The summed E-state index contributed by atoms with van der Waals surface area (Å²) in [6, 6.07) is 1.89. The first-order valence-electron chi connectivity index (χ1n) is 5.57. The van der Waals surface area contributed by atoms with Crippen molar-refractivity contribution in [3.8, 4) is 0 Å². The van der Waals surface area contributed by atoms with Crippen LogP contribution in [0.25, 0.3) is 0 Å². The first-order chi connectivity index (χ1) is 7.78. The molecular weight excluding hydrogens is 204 g/mol. The van der Waals surface area contributed by atoms with E-state index in [9.17, 15) is 0 Å². The van der Waals surface area contributed by atoms with Gasteiger partial charge in [0.2, 0.25) is 0 Å². The van der Waals surface area contributed by atoms with Crippen molar-refractivity contribution in [2.24, 2.45) is 0 Å². The average molecular weight is 222 g/mol. The van der Waals surface area contributed by atoms with Gasteiger partial charge in [-0.05, 0) is 19.3 Å². The molecule has 0 bridgehead atoms. The van der Waals surface area contributed by atoms with Crippen molar-refractivity contribution in [3.05, 3.63) is 12.4 Å². The number of hydrogen-bond acceptors (Lipinski definition) is 5.